The molecule has 2 N–H and O–H groups in total. The van der Waals surface area contributed by atoms with Crippen LogP contribution in [0, 0.1) is 11.8 Å². The van der Waals surface area contributed by atoms with Crippen molar-refractivity contribution in [2.24, 2.45) is 17.6 Å². The van der Waals surface area contributed by atoms with Crippen LogP contribution in [0.25, 0.3) is 27.6 Å². The van der Waals surface area contributed by atoms with Crippen LogP contribution in [0.4, 0.5) is 0 Å². The molecule has 5 rings (SSSR count). The number of carbonyl (C=O) groups excluding carboxylic acids is 1. The summed E-state index contributed by atoms with van der Waals surface area (Å²) in [5.74, 6) is 0.907. The lowest BCUT2D eigenvalue weighted by atomic mass is 10.0. The third kappa shape index (κ3) is 2.96. The summed E-state index contributed by atoms with van der Waals surface area (Å²) in [5.41, 5.74) is 7.67. The second-order valence-electron chi connectivity index (χ2n) is 7.39. The highest BCUT2D eigenvalue weighted by molar-refractivity contribution is 5.84. The second kappa shape index (κ2) is 6.63. The van der Waals surface area contributed by atoms with Gasteiger partial charge in [0.25, 0.3) is 0 Å². The van der Waals surface area contributed by atoms with Gasteiger partial charge in [-0.05, 0) is 48.8 Å². The number of rotatable bonds is 4. The third-order valence-corrected chi connectivity index (χ3v) is 5.53. The van der Waals surface area contributed by atoms with Gasteiger partial charge in [-0.2, -0.15) is 4.68 Å². The van der Waals surface area contributed by atoms with Crippen LogP contribution in [-0.2, 0) is 11.2 Å². The number of hydrogen-bond acceptors (Lipinski definition) is 6. The fourth-order valence-corrected chi connectivity index (χ4v) is 4.02. The smallest absolute Gasteiger partial charge is 0.220 e. The number of amides is 1. The van der Waals surface area contributed by atoms with E-state index in [4.69, 9.17) is 10.7 Å². The number of pyridine rings is 1. The average Bonchev–Trinajstić information content (AvgIpc) is 3.34. The number of primary amides is 1. The summed E-state index contributed by atoms with van der Waals surface area (Å²) in [4.78, 5) is 24.7. The van der Waals surface area contributed by atoms with E-state index in [1.54, 1.807) is 17.1 Å². The highest BCUT2D eigenvalue weighted by Crippen LogP contribution is 2.32. The number of aromatic nitrogens is 6. The van der Waals surface area contributed by atoms with E-state index in [1.807, 2.05) is 30.5 Å². The van der Waals surface area contributed by atoms with Crippen molar-refractivity contribution in [3.63, 3.8) is 0 Å². The SMILES string of the molecule is NC(=O)[C@@H]1CC[C@@H](Cc2ncc3nnn(-c4ccc5cnccc5c4)c3n2)C1. The first-order valence-corrected chi connectivity index (χ1v) is 9.38. The van der Waals surface area contributed by atoms with Gasteiger partial charge in [0.1, 0.15) is 5.82 Å². The summed E-state index contributed by atoms with van der Waals surface area (Å²) in [6.45, 7) is 0. The first-order chi connectivity index (χ1) is 13.7. The van der Waals surface area contributed by atoms with Gasteiger partial charge in [0.15, 0.2) is 11.2 Å². The molecule has 28 heavy (non-hydrogen) atoms. The number of fused-ring (bicyclic) bond motifs is 2. The number of nitrogens with two attached hydrogens (primary N) is 1. The van der Waals surface area contributed by atoms with Crippen LogP contribution < -0.4 is 5.73 Å². The molecule has 1 amide bonds. The van der Waals surface area contributed by atoms with Gasteiger partial charge in [0.2, 0.25) is 5.91 Å². The van der Waals surface area contributed by atoms with E-state index in [-0.39, 0.29) is 11.8 Å². The molecule has 4 aromatic rings. The summed E-state index contributed by atoms with van der Waals surface area (Å²) < 4.78 is 1.74. The van der Waals surface area contributed by atoms with Crippen molar-refractivity contribution in [1.29, 1.82) is 0 Å². The molecule has 0 aliphatic heterocycles. The molecule has 3 heterocycles. The fraction of sp³-hybridized carbons (Fsp3) is 0.300. The Bertz CT molecular complexity index is 1190. The van der Waals surface area contributed by atoms with E-state index < -0.39 is 0 Å². The molecular formula is C20H19N7O. The molecule has 2 atom stereocenters. The Balaban J connectivity index is 1.47. The standard InChI is InChI=1S/C20H19N7O/c21-19(28)14-2-1-12(7-14)8-18-23-11-17-20(24-18)27(26-25-17)16-4-3-15-10-22-6-5-13(15)9-16/h3-6,9-12,14H,1-2,7-8H2,(H2,21,28)/t12-,14-/m1/s1. The minimum atomic E-state index is -0.201. The third-order valence-electron chi connectivity index (χ3n) is 5.53. The zero-order valence-electron chi connectivity index (χ0n) is 15.2. The highest BCUT2D eigenvalue weighted by atomic mass is 16.1. The second-order valence-corrected chi connectivity index (χ2v) is 7.39. The molecule has 1 aliphatic carbocycles. The Morgan fingerprint density at radius 3 is 2.96 bits per heavy atom. The van der Waals surface area contributed by atoms with Gasteiger partial charge in [-0.1, -0.05) is 11.3 Å². The van der Waals surface area contributed by atoms with Gasteiger partial charge < -0.3 is 5.73 Å². The molecule has 1 saturated carbocycles. The zero-order chi connectivity index (χ0) is 19.1. The van der Waals surface area contributed by atoms with Crippen molar-refractivity contribution in [3.05, 3.63) is 48.7 Å². The molecule has 3 aromatic heterocycles. The monoisotopic (exact) mass is 373 g/mol. The highest BCUT2D eigenvalue weighted by Gasteiger charge is 2.29. The van der Waals surface area contributed by atoms with E-state index in [2.05, 4.69) is 20.3 Å². The van der Waals surface area contributed by atoms with Gasteiger partial charge in [0, 0.05) is 30.1 Å². The predicted molar refractivity (Wildman–Crippen MR) is 103 cm³/mol. The molecular weight excluding hydrogens is 354 g/mol. The quantitative estimate of drug-likeness (QED) is 0.587. The summed E-state index contributed by atoms with van der Waals surface area (Å²) in [6, 6.07) is 8.00. The minimum absolute atomic E-state index is 0.0204. The maximum Gasteiger partial charge on any atom is 0.220 e. The van der Waals surface area contributed by atoms with Crippen LogP contribution in [0.5, 0.6) is 0 Å². The maximum absolute atomic E-state index is 11.4. The zero-order valence-corrected chi connectivity index (χ0v) is 15.2. The molecule has 1 fully saturated rings. The van der Waals surface area contributed by atoms with E-state index >= 15 is 0 Å². The largest absolute Gasteiger partial charge is 0.369 e. The minimum Gasteiger partial charge on any atom is -0.369 e. The number of benzene rings is 1. The van der Waals surface area contributed by atoms with Crippen LogP contribution >= 0.6 is 0 Å². The van der Waals surface area contributed by atoms with Crippen LogP contribution in [0.15, 0.2) is 42.9 Å². The lowest BCUT2D eigenvalue weighted by molar-refractivity contribution is -0.121. The van der Waals surface area contributed by atoms with E-state index in [1.165, 1.54) is 0 Å². The van der Waals surface area contributed by atoms with Gasteiger partial charge in [-0.25, -0.2) is 9.97 Å². The molecule has 0 radical (unpaired) electrons. The first kappa shape index (κ1) is 16.7. The normalized spacial score (nSPS) is 19.4. The Labute approximate surface area is 160 Å². The van der Waals surface area contributed by atoms with Crippen molar-refractivity contribution < 1.29 is 4.79 Å². The number of nitrogens with zero attached hydrogens (tertiary/aromatic N) is 6. The Hall–Kier alpha value is -3.42. The summed E-state index contributed by atoms with van der Waals surface area (Å²) in [7, 11) is 0. The summed E-state index contributed by atoms with van der Waals surface area (Å²) in [6.07, 6.45) is 8.69. The number of carbonyl (C=O) groups is 1. The van der Waals surface area contributed by atoms with Gasteiger partial charge in [0.05, 0.1) is 11.9 Å². The fourth-order valence-electron chi connectivity index (χ4n) is 4.02. The predicted octanol–water partition coefficient (Wildman–Crippen LogP) is 2.20. The van der Waals surface area contributed by atoms with Gasteiger partial charge >= 0.3 is 0 Å². The molecule has 0 bridgehead atoms. The molecule has 0 unspecified atom stereocenters. The molecule has 0 spiro atoms. The van der Waals surface area contributed by atoms with Crippen LogP contribution in [0.3, 0.4) is 0 Å². The Morgan fingerprint density at radius 1 is 1.18 bits per heavy atom. The van der Waals surface area contributed by atoms with Gasteiger partial charge in [-0.15, -0.1) is 5.10 Å². The van der Waals surface area contributed by atoms with E-state index in [0.717, 1.165) is 48.0 Å². The summed E-state index contributed by atoms with van der Waals surface area (Å²) >= 11 is 0. The van der Waals surface area contributed by atoms with Crippen molar-refractivity contribution in [2.75, 3.05) is 0 Å². The van der Waals surface area contributed by atoms with E-state index in [0.29, 0.717) is 17.1 Å². The topological polar surface area (TPSA) is 112 Å². The van der Waals surface area contributed by atoms with E-state index in [9.17, 15) is 4.79 Å². The van der Waals surface area contributed by atoms with Crippen LogP contribution in [0.2, 0.25) is 0 Å². The Morgan fingerprint density at radius 2 is 2.11 bits per heavy atom. The summed E-state index contributed by atoms with van der Waals surface area (Å²) in [5, 5.41) is 10.6. The van der Waals surface area contributed by atoms with Crippen molar-refractivity contribution in [2.45, 2.75) is 25.7 Å². The molecule has 1 aliphatic rings. The first-order valence-electron chi connectivity index (χ1n) is 9.38. The molecule has 140 valence electrons. The van der Waals surface area contributed by atoms with Gasteiger partial charge in [-0.3, -0.25) is 9.78 Å². The lowest BCUT2D eigenvalue weighted by Gasteiger charge is -2.09. The lowest BCUT2D eigenvalue weighted by Crippen LogP contribution is -2.21. The molecule has 8 heteroatoms. The molecule has 1 aromatic carbocycles. The van der Waals surface area contributed by atoms with Crippen molar-refractivity contribution in [1.82, 2.24) is 29.9 Å². The van der Waals surface area contributed by atoms with Crippen LogP contribution in [0.1, 0.15) is 25.1 Å². The number of hydrogen-bond donors (Lipinski definition) is 1. The van der Waals surface area contributed by atoms with Crippen molar-refractivity contribution in [3.8, 4) is 5.69 Å². The van der Waals surface area contributed by atoms with Crippen molar-refractivity contribution >= 4 is 27.8 Å². The van der Waals surface area contributed by atoms with Crippen LogP contribution in [-0.4, -0.2) is 35.9 Å². The Kier molecular flexibility index (Phi) is 3.96. The maximum atomic E-state index is 11.4. The molecule has 8 nitrogen and oxygen atoms in total. The average molecular weight is 373 g/mol. The molecule has 0 saturated heterocycles.